The molecule has 2 amide bonds. The van der Waals surface area contributed by atoms with Gasteiger partial charge in [-0.3, -0.25) is 19.8 Å². The molecule has 1 fully saturated rings. The number of carbonyl (C=O) groups is 2. The van der Waals surface area contributed by atoms with Crippen molar-refractivity contribution < 1.29 is 23.8 Å². The first-order chi connectivity index (χ1) is 13.9. The molecular weight excluding hydrogens is 416 g/mol. The van der Waals surface area contributed by atoms with E-state index in [0.29, 0.717) is 33.5 Å². The summed E-state index contributed by atoms with van der Waals surface area (Å²) in [5.41, 5.74) is 0.791. The first-order valence-corrected chi connectivity index (χ1v) is 9.15. The number of hydrogen-bond donors (Lipinski definition) is 1. The number of nitrogens with zero attached hydrogens (tertiary/aromatic N) is 1. The van der Waals surface area contributed by atoms with Crippen LogP contribution in [0.2, 0.25) is 5.02 Å². The van der Waals surface area contributed by atoms with Gasteiger partial charge in [-0.25, -0.2) is 0 Å². The Labute approximate surface area is 177 Å². The summed E-state index contributed by atoms with van der Waals surface area (Å²) >= 11 is 11.5. The first-order valence-electron chi connectivity index (χ1n) is 8.36. The van der Waals surface area contributed by atoms with Gasteiger partial charge in [-0.1, -0.05) is 11.6 Å². The van der Waals surface area contributed by atoms with Crippen molar-refractivity contribution in [3.63, 3.8) is 0 Å². The molecule has 0 spiro atoms. The molecule has 1 heterocycles. The molecule has 7 nitrogen and oxygen atoms in total. The Bertz CT molecular complexity index is 1020. The Kier molecular flexibility index (Phi) is 6.05. The number of benzene rings is 2. The highest BCUT2D eigenvalue weighted by atomic mass is 35.5. The van der Waals surface area contributed by atoms with Gasteiger partial charge in [0.1, 0.15) is 11.3 Å². The molecule has 29 heavy (non-hydrogen) atoms. The predicted octanol–water partition coefficient (Wildman–Crippen LogP) is 3.20. The smallest absolute Gasteiger partial charge is 0.270 e. The minimum Gasteiger partial charge on any atom is -0.497 e. The average Bonchev–Trinajstić information content (AvgIpc) is 2.72. The summed E-state index contributed by atoms with van der Waals surface area (Å²) in [6.45, 7) is 0. The second kappa shape index (κ2) is 8.50. The molecule has 0 unspecified atom stereocenters. The van der Waals surface area contributed by atoms with Crippen LogP contribution in [0.1, 0.15) is 5.56 Å². The molecule has 9 heteroatoms. The van der Waals surface area contributed by atoms with E-state index in [1.807, 2.05) is 0 Å². The molecule has 2 aromatic carbocycles. The van der Waals surface area contributed by atoms with Gasteiger partial charge in [0.25, 0.3) is 11.8 Å². The van der Waals surface area contributed by atoms with Crippen molar-refractivity contribution >= 4 is 52.5 Å². The fourth-order valence-electron chi connectivity index (χ4n) is 2.76. The molecule has 1 saturated heterocycles. The van der Waals surface area contributed by atoms with Crippen LogP contribution in [0.15, 0.2) is 42.0 Å². The van der Waals surface area contributed by atoms with Gasteiger partial charge < -0.3 is 14.2 Å². The Morgan fingerprint density at radius 3 is 2.21 bits per heavy atom. The second-order valence-corrected chi connectivity index (χ2v) is 6.68. The summed E-state index contributed by atoms with van der Waals surface area (Å²) in [7, 11) is 4.50. The predicted molar refractivity (Wildman–Crippen MR) is 114 cm³/mol. The van der Waals surface area contributed by atoms with E-state index in [2.05, 4.69) is 5.32 Å². The zero-order chi connectivity index (χ0) is 21.1. The topological polar surface area (TPSA) is 77.1 Å². The lowest BCUT2D eigenvalue weighted by atomic mass is 10.1. The zero-order valence-corrected chi connectivity index (χ0v) is 17.4. The third-order valence-corrected chi connectivity index (χ3v) is 4.85. The minimum atomic E-state index is -0.615. The minimum absolute atomic E-state index is 0.0132. The third-order valence-electron chi connectivity index (χ3n) is 4.24. The van der Waals surface area contributed by atoms with E-state index in [4.69, 9.17) is 38.0 Å². The van der Waals surface area contributed by atoms with Crippen LogP contribution in [0.5, 0.6) is 17.2 Å². The highest BCUT2D eigenvalue weighted by Gasteiger charge is 2.34. The van der Waals surface area contributed by atoms with Gasteiger partial charge in [0, 0.05) is 6.07 Å². The summed E-state index contributed by atoms with van der Waals surface area (Å²) in [6.07, 6.45) is 1.39. The number of thiocarbonyl (C=S) groups is 1. The van der Waals surface area contributed by atoms with Gasteiger partial charge in [-0.2, -0.15) is 0 Å². The van der Waals surface area contributed by atoms with E-state index in [0.717, 1.165) is 0 Å². The maximum atomic E-state index is 13.1. The van der Waals surface area contributed by atoms with Crippen molar-refractivity contribution in [2.45, 2.75) is 0 Å². The first kappa shape index (κ1) is 20.6. The maximum absolute atomic E-state index is 13.1. The van der Waals surface area contributed by atoms with E-state index >= 15 is 0 Å². The molecule has 0 aromatic heterocycles. The van der Waals surface area contributed by atoms with Crippen LogP contribution in [0, 0.1) is 0 Å². The van der Waals surface area contributed by atoms with Crippen LogP contribution in [0.4, 0.5) is 5.69 Å². The molecule has 1 N–H and O–H groups in total. The van der Waals surface area contributed by atoms with Gasteiger partial charge in [0.05, 0.1) is 32.0 Å². The SMILES string of the molecule is COc1ccc(N2C(=O)C(=Cc3cc(OC)c(OC)cc3Cl)C(=O)NC2=S)cc1. The van der Waals surface area contributed by atoms with Crippen LogP contribution in [0.25, 0.3) is 6.08 Å². The molecule has 0 bridgehead atoms. The molecular formula is C20H17ClN2O5S. The van der Waals surface area contributed by atoms with Crippen LogP contribution >= 0.6 is 23.8 Å². The summed E-state index contributed by atoms with van der Waals surface area (Å²) in [5.74, 6) is 0.279. The van der Waals surface area contributed by atoms with Crippen molar-refractivity contribution in [3.05, 3.63) is 52.6 Å². The van der Waals surface area contributed by atoms with Crippen molar-refractivity contribution in [1.29, 1.82) is 0 Å². The molecule has 2 aromatic rings. The molecule has 0 aliphatic carbocycles. The normalized spacial score (nSPS) is 15.4. The fourth-order valence-corrected chi connectivity index (χ4v) is 3.25. The number of carbonyl (C=O) groups excluding carboxylic acids is 2. The lowest BCUT2D eigenvalue weighted by Gasteiger charge is -2.29. The number of amides is 2. The molecule has 0 radical (unpaired) electrons. The summed E-state index contributed by atoms with van der Waals surface area (Å²) < 4.78 is 15.6. The van der Waals surface area contributed by atoms with Crippen LogP contribution in [-0.4, -0.2) is 38.3 Å². The zero-order valence-electron chi connectivity index (χ0n) is 15.8. The molecule has 0 atom stereocenters. The Hall–Kier alpha value is -3.10. The largest absolute Gasteiger partial charge is 0.497 e. The van der Waals surface area contributed by atoms with Crippen molar-refractivity contribution in [2.24, 2.45) is 0 Å². The number of hydrogen-bond acceptors (Lipinski definition) is 6. The van der Waals surface area contributed by atoms with Gasteiger partial charge >= 0.3 is 0 Å². The Morgan fingerprint density at radius 2 is 1.62 bits per heavy atom. The van der Waals surface area contributed by atoms with Crippen molar-refractivity contribution in [2.75, 3.05) is 26.2 Å². The number of rotatable bonds is 5. The number of anilines is 1. The fraction of sp³-hybridized carbons (Fsp3) is 0.150. The number of ether oxygens (including phenoxy) is 3. The summed E-state index contributed by atoms with van der Waals surface area (Å²) in [5, 5.41) is 2.81. The van der Waals surface area contributed by atoms with E-state index in [1.54, 1.807) is 43.5 Å². The second-order valence-electron chi connectivity index (χ2n) is 5.88. The lowest BCUT2D eigenvalue weighted by Crippen LogP contribution is -2.54. The molecule has 0 saturated carbocycles. The molecule has 150 valence electrons. The van der Waals surface area contributed by atoms with E-state index in [9.17, 15) is 9.59 Å². The van der Waals surface area contributed by atoms with E-state index in [1.165, 1.54) is 25.2 Å². The molecule has 1 aliphatic heterocycles. The average molecular weight is 433 g/mol. The van der Waals surface area contributed by atoms with Gasteiger partial charge in [0.15, 0.2) is 16.6 Å². The third kappa shape index (κ3) is 4.03. The van der Waals surface area contributed by atoms with Crippen LogP contribution < -0.4 is 24.4 Å². The van der Waals surface area contributed by atoms with Crippen LogP contribution in [-0.2, 0) is 9.59 Å². The van der Waals surface area contributed by atoms with Gasteiger partial charge in [0.2, 0.25) is 0 Å². The highest BCUT2D eigenvalue weighted by Crippen LogP contribution is 2.34. The number of methoxy groups -OCH3 is 3. The Balaban J connectivity index is 2.03. The van der Waals surface area contributed by atoms with Crippen molar-refractivity contribution in [3.8, 4) is 17.2 Å². The summed E-state index contributed by atoms with van der Waals surface area (Å²) in [6, 6.07) is 9.85. The number of halogens is 1. The standard InChI is InChI=1S/C20H17ClN2O5S/c1-26-13-6-4-12(5-7-13)23-19(25)14(18(24)22-20(23)29)8-11-9-16(27-2)17(28-3)10-15(11)21/h4-10H,1-3H3,(H,22,24,29). The Morgan fingerprint density at radius 1 is 1.00 bits per heavy atom. The summed E-state index contributed by atoms with van der Waals surface area (Å²) in [4.78, 5) is 26.8. The van der Waals surface area contributed by atoms with Crippen molar-refractivity contribution in [1.82, 2.24) is 5.32 Å². The number of nitrogens with one attached hydrogen (secondary N) is 1. The van der Waals surface area contributed by atoms with E-state index < -0.39 is 11.8 Å². The highest BCUT2D eigenvalue weighted by molar-refractivity contribution is 7.80. The molecule has 3 rings (SSSR count). The van der Waals surface area contributed by atoms with E-state index in [-0.39, 0.29) is 10.7 Å². The maximum Gasteiger partial charge on any atom is 0.270 e. The van der Waals surface area contributed by atoms with Crippen LogP contribution in [0.3, 0.4) is 0 Å². The lowest BCUT2D eigenvalue weighted by molar-refractivity contribution is -0.122. The monoisotopic (exact) mass is 432 g/mol. The van der Waals surface area contributed by atoms with Gasteiger partial charge in [-0.15, -0.1) is 0 Å². The van der Waals surface area contributed by atoms with Gasteiger partial charge in [-0.05, 0) is 54.2 Å². The quantitative estimate of drug-likeness (QED) is 0.444. The molecule has 1 aliphatic rings.